The van der Waals surface area contributed by atoms with Crippen molar-refractivity contribution in [2.45, 2.75) is 52.4 Å². The van der Waals surface area contributed by atoms with Crippen molar-refractivity contribution < 1.29 is 4.79 Å². The molecule has 31 heavy (non-hydrogen) atoms. The third kappa shape index (κ3) is 7.08. The molecule has 0 amide bonds. The predicted octanol–water partition coefficient (Wildman–Crippen LogP) is 5.67. The third-order valence-corrected chi connectivity index (χ3v) is 6.80. The van der Waals surface area contributed by atoms with Crippen LogP contribution in [0.5, 0.6) is 0 Å². The van der Waals surface area contributed by atoms with Gasteiger partial charge in [-0.3, -0.25) is 9.69 Å². The molecular weight excluding hydrogens is 382 g/mol. The quantitative estimate of drug-likeness (QED) is 0.627. The van der Waals surface area contributed by atoms with Crippen LogP contribution in [-0.4, -0.2) is 43.4 Å². The minimum Gasteiger partial charge on any atom is -0.368 e. The maximum absolute atomic E-state index is 9.82. The molecule has 0 radical (unpaired) electrons. The molecule has 2 aliphatic rings. The lowest BCUT2D eigenvalue weighted by Gasteiger charge is -2.37. The number of fused-ring (bicyclic) bond motifs is 1. The second kappa shape index (κ2) is 11.9. The second-order valence-corrected chi connectivity index (χ2v) is 9.28. The van der Waals surface area contributed by atoms with Gasteiger partial charge in [0.2, 0.25) is 0 Å². The summed E-state index contributed by atoms with van der Waals surface area (Å²) in [6.45, 7) is 9.87. The van der Waals surface area contributed by atoms with Gasteiger partial charge in [-0.25, -0.2) is 0 Å². The first kappa shape index (κ1) is 23.3. The molecular formula is C27H37N3O. The Kier molecular flexibility index (Phi) is 8.91. The Labute approximate surface area is 187 Å². The first-order valence-corrected chi connectivity index (χ1v) is 11.9. The number of anilines is 1. The van der Waals surface area contributed by atoms with Crippen molar-refractivity contribution >= 4 is 22.2 Å². The molecule has 4 nitrogen and oxygen atoms in total. The molecule has 0 spiro atoms. The molecule has 0 bridgehead atoms. The van der Waals surface area contributed by atoms with E-state index in [9.17, 15) is 4.79 Å². The van der Waals surface area contributed by atoms with Crippen molar-refractivity contribution in [1.82, 2.24) is 4.90 Å². The number of nitriles is 1. The molecule has 1 heterocycles. The Balaban J connectivity index is 0.000000401. The van der Waals surface area contributed by atoms with Crippen molar-refractivity contribution in [2.75, 3.05) is 37.6 Å². The van der Waals surface area contributed by atoms with Crippen LogP contribution in [0.1, 0.15) is 52.4 Å². The molecule has 2 aromatic rings. The van der Waals surface area contributed by atoms with Crippen LogP contribution >= 0.6 is 0 Å². The van der Waals surface area contributed by atoms with E-state index in [1.165, 1.54) is 75.1 Å². The number of piperazine rings is 1. The molecule has 1 aliphatic heterocycles. The third-order valence-electron chi connectivity index (χ3n) is 6.80. The van der Waals surface area contributed by atoms with Gasteiger partial charge in [0, 0.05) is 37.3 Å². The SMILES string of the molecule is CC(=O)CC#N.CC1CCC(CCN2CCN(c3cccc4ccccc34)CC2)CC1. The summed E-state index contributed by atoms with van der Waals surface area (Å²) >= 11 is 0. The van der Waals surface area contributed by atoms with Crippen molar-refractivity contribution in [3.63, 3.8) is 0 Å². The van der Waals surface area contributed by atoms with Gasteiger partial charge < -0.3 is 4.90 Å². The van der Waals surface area contributed by atoms with Crippen molar-refractivity contribution in [2.24, 2.45) is 11.8 Å². The lowest BCUT2D eigenvalue weighted by atomic mass is 9.81. The van der Waals surface area contributed by atoms with E-state index in [1.54, 1.807) is 6.07 Å². The first-order chi connectivity index (χ1) is 15.1. The van der Waals surface area contributed by atoms with Crippen LogP contribution in [0.15, 0.2) is 42.5 Å². The fraction of sp³-hybridized carbons (Fsp3) is 0.556. The molecule has 166 valence electrons. The summed E-state index contributed by atoms with van der Waals surface area (Å²) in [6, 6.07) is 17.2. The van der Waals surface area contributed by atoms with Gasteiger partial charge >= 0.3 is 0 Å². The largest absolute Gasteiger partial charge is 0.368 e. The van der Waals surface area contributed by atoms with Gasteiger partial charge in [0.1, 0.15) is 5.78 Å². The minimum absolute atomic E-state index is 0.0417. The number of benzene rings is 2. The number of hydrogen-bond acceptors (Lipinski definition) is 4. The first-order valence-electron chi connectivity index (χ1n) is 11.9. The zero-order chi connectivity index (χ0) is 22.1. The van der Waals surface area contributed by atoms with Gasteiger partial charge in [-0.15, -0.1) is 0 Å². The highest BCUT2D eigenvalue weighted by atomic mass is 16.1. The summed E-state index contributed by atoms with van der Waals surface area (Å²) in [6.07, 6.45) is 7.31. The van der Waals surface area contributed by atoms with Crippen molar-refractivity contribution in [1.29, 1.82) is 5.26 Å². The Morgan fingerprint density at radius 2 is 1.68 bits per heavy atom. The van der Waals surface area contributed by atoms with Gasteiger partial charge in [0.05, 0.1) is 12.5 Å². The van der Waals surface area contributed by atoms with Crippen LogP contribution in [0.3, 0.4) is 0 Å². The van der Waals surface area contributed by atoms with Gasteiger partial charge in [0.25, 0.3) is 0 Å². The summed E-state index contributed by atoms with van der Waals surface area (Å²) < 4.78 is 0. The molecule has 4 rings (SSSR count). The smallest absolute Gasteiger partial charge is 0.143 e. The normalized spacial score (nSPS) is 21.8. The molecule has 1 saturated heterocycles. The number of carbonyl (C=O) groups is 1. The number of ketones is 1. The molecule has 1 saturated carbocycles. The van der Waals surface area contributed by atoms with E-state index in [-0.39, 0.29) is 12.2 Å². The lowest BCUT2D eigenvalue weighted by Crippen LogP contribution is -2.47. The van der Waals surface area contributed by atoms with E-state index in [0.29, 0.717) is 0 Å². The minimum atomic E-state index is -0.0718. The molecule has 1 aliphatic carbocycles. The topological polar surface area (TPSA) is 47.3 Å². The average Bonchev–Trinajstić information content (AvgIpc) is 2.79. The summed E-state index contributed by atoms with van der Waals surface area (Å²) in [4.78, 5) is 15.1. The van der Waals surface area contributed by atoms with Crippen molar-refractivity contribution in [3.05, 3.63) is 42.5 Å². The van der Waals surface area contributed by atoms with Crippen LogP contribution < -0.4 is 4.90 Å². The van der Waals surface area contributed by atoms with Gasteiger partial charge in [-0.05, 0) is 43.2 Å². The number of Topliss-reactive ketones (excluding diaryl/α,β-unsaturated/α-hetero) is 1. The van der Waals surface area contributed by atoms with E-state index in [4.69, 9.17) is 5.26 Å². The molecule has 0 aromatic heterocycles. The summed E-state index contributed by atoms with van der Waals surface area (Å²) in [5.41, 5.74) is 1.42. The molecule has 0 unspecified atom stereocenters. The number of nitrogens with zero attached hydrogens (tertiary/aromatic N) is 3. The highest BCUT2D eigenvalue weighted by molar-refractivity contribution is 5.94. The molecule has 2 aromatic carbocycles. The number of rotatable bonds is 5. The summed E-state index contributed by atoms with van der Waals surface area (Å²) in [7, 11) is 0. The van der Waals surface area contributed by atoms with Gasteiger partial charge in [-0.2, -0.15) is 5.26 Å². The summed E-state index contributed by atoms with van der Waals surface area (Å²) in [5.74, 6) is 1.89. The van der Waals surface area contributed by atoms with Gasteiger partial charge in [-0.1, -0.05) is 69.0 Å². The predicted molar refractivity (Wildman–Crippen MR) is 129 cm³/mol. The highest BCUT2D eigenvalue weighted by Gasteiger charge is 2.21. The number of carbonyl (C=O) groups excluding carboxylic acids is 1. The van der Waals surface area contributed by atoms with Crippen LogP contribution in [0.2, 0.25) is 0 Å². The van der Waals surface area contributed by atoms with E-state index in [1.807, 2.05) is 0 Å². The van der Waals surface area contributed by atoms with Gasteiger partial charge in [0.15, 0.2) is 0 Å². The standard InChI is InChI=1S/C23H32N2.C4H5NO/c1-19-9-11-20(12-10-19)13-14-24-15-17-25(18-16-24)23-8-4-6-21-5-2-3-7-22(21)23;1-4(6)2-3-5/h2-8,19-20H,9-18H2,1H3;2H2,1H3. The summed E-state index contributed by atoms with van der Waals surface area (Å²) in [5, 5.41) is 10.5. The van der Waals surface area contributed by atoms with E-state index in [2.05, 4.69) is 59.2 Å². The molecule has 2 fully saturated rings. The lowest BCUT2D eigenvalue weighted by molar-refractivity contribution is -0.116. The fourth-order valence-corrected chi connectivity index (χ4v) is 4.79. The molecule has 0 N–H and O–H groups in total. The Morgan fingerprint density at radius 1 is 1.00 bits per heavy atom. The van der Waals surface area contributed by atoms with E-state index >= 15 is 0 Å². The van der Waals surface area contributed by atoms with Crippen LogP contribution in [0, 0.1) is 23.2 Å². The zero-order valence-corrected chi connectivity index (χ0v) is 19.2. The molecule has 0 atom stereocenters. The number of hydrogen-bond donors (Lipinski definition) is 0. The Bertz CT molecular complexity index is 866. The average molecular weight is 420 g/mol. The monoisotopic (exact) mass is 419 g/mol. The maximum atomic E-state index is 9.82. The molecule has 4 heteroatoms. The van der Waals surface area contributed by atoms with Crippen LogP contribution in [-0.2, 0) is 4.79 Å². The zero-order valence-electron chi connectivity index (χ0n) is 19.2. The van der Waals surface area contributed by atoms with E-state index in [0.717, 1.165) is 24.9 Å². The Morgan fingerprint density at radius 3 is 2.32 bits per heavy atom. The van der Waals surface area contributed by atoms with Crippen molar-refractivity contribution in [3.8, 4) is 6.07 Å². The Hall–Kier alpha value is -2.38. The maximum Gasteiger partial charge on any atom is 0.143 e. The second-order valence-electron chi connectivity index (χ2n) is 9.28. The fourth-order valence-electron chi connectivity index (χ4n) is 4.79. The van der Waals surface area contributed by atoms with Crippen LogP contribution in [0.25, 0.3) is 10.8 Å². The highest BCUT2D eigenvalue weighted by Crippen LogP contribution is 2.31. The van der Waals surface area contributed by atoms with E-state index < -0.39 is 0 Å². The van der Waals surface area contributed by atoms with Crippen LogP contribution in [0.4, 0.5) is 5.69 Å².